The van der Waals surface area contributed by atoms with E-state index < -0.39 is 4.92 Å². The molecule has 2 fully saturated rings. The lowest BCUT2D eigenvalue weighted by Crippen LogP contribution is -2.40. The van der Waals surface area contributed by atoms with E-state index in [1.807, 2.05) is 24.3 Å². The van der Waals surface area contributed by atoms with Crippen LogP contribution in [0.5, 0.6) is 5.75 Å². The van der Waals surface area contributed by atoms with Crippen LogP contribution in [0.1, 0.15) is 54.1 Å². The van der Waals surface area contributed by atoms with Crippen molar-refractivity contribution in [1.82, 2.24) is 10.2 Å². The number of carbonyl (C=O) groups is 1. The van der Waals surface area contributed by atoms with Crippen LogP contribution in [0.25, 0.3) is 0 Å². The van der Waals surface area contributed by atoms with Crippen LogP contribution in [0.3, 0.4) is 0 Å². The van der Waals surface area contributed by atoms with Crippen molar-refractivity contribution in [2.24, 2.45) is 0 Å². The van der Waals surface area contributed by atoms with Gasteiger partial charge in [-0.25, -0.2) is 0 Å². The first-order chi connectivity index (χ1) is 15.6. The van der Waals surface area contributed by atoms with Crippen LogP contribution in [0.15, 0.2) is 42.5 Å². The van der Waals surface area contributed by atoms with E-state index in [1.54, 1.807) is 19.2 Å². The number of nitro benzene ring substituents is 1. The summed E-state index contributed by atoms with van der Waals surface area (Å²) in [5.74, 6) is 0.478. The molecule has 32 heavy (non-hydrogen) atoms. The largest absolute Gasteiger partial charge is 0.496 e. The third-order valence-corrected chi connectivity index (χ3v) is 6.18. The van der Waals surface area contributed by atoms with E-state index in [9.17, 15) is 14.9 Å². The van der Waals surface area contributed by atoms with Crippen molar-refractivity contribution in [2.45, 2.75) is 44.2 Å². The molecule has 8 heteroatoms. The number of nitrogens with one attached hydrogen (secondary N) is 2. The maximum absolute atomic E-state index is 12.9. The van der Waals surface area contributed by atoms with Gasteiger partial charge in [0.05, 0.1) is 18.1 Å². The second kappa shape index (κ2) is 9.99. The Morgan fingerprint density at radius 1 is 1.19 bits per heavy atom. The molecule has 8 nitrogen and oxygen atoms in total. The fourth-order valence-corrected chi connectivity index (χ4v) is 4.29. The van der Waals surface area contributed by atoms with Crippen molar-refractivity contribution < 1.29 is 14.5 Å². The summed E-state index contributed by atoms with van der Waals surface area (Å²) in [5, 5.41) is 17.7. The highest BCUT2D eigenvalue weighted by atomic mass is 16.6. The van der Waals surface area contributed by atoms with Gasteiger partial charge in [0.15, 0.2) is 0 Å². The zero-order chi connectivity index (χ0) is 22.5. The number of piperidine rings is 1. The molecule has 1 saturated carbocycles. The summed E-state index contributed by atoms with van der Waals surface area (Å²) in [6, 6.07) is 12.8. The van der Waals surface area contributed by atoms with Gasteiger partial charge in [-0.3, -0.25) is 19.8 Å². The Hall–Kier alpha value is -3.13. The number of hydrogen-bond acceptors (Lipinski definition) is 6. The summed E-state index contributed by atoms with van der Waals surface area (Å²) < 4.78 is 5.58. The predicted molar refractivity (Wildman–Crippen MR) is 123 cm³/mol. The number of para-hydroxylation sites is 1. The van der Waals surface area contributed by atoms with Crippen LogP contribution in [-0.2, 0) is 0 Å². The Morgan fingerprint density at radius 2 is 1.94 bits per heavy atom. The number of carbonyl (C=O) groups excluding carboxylic acids is 1. The van der Waals surface area contributed by atoms with Gasteiger partial charge in [-0.15, -0.1) is 0 Å². The zero-order valence-electron chi connectivity index (χ0n) is 18.4. The zero-order valence-corrected chi connectivity index (χ0v) is 18.4. The minimum Gasteiger partial charge on any atom is -0.496 e. The number of hydrogen-bond donors (Lipinski definition) is 2. The molecular weight excluding hydrogens is 408 g/mol. The lowest BCUT2D eigenvalue weighted by Gasteiger charge is -2.35. The van der Waals surface area contributed by atoms with Gasteiger partial charge in [-0.05, 0) is 57.0 Å². The number of nitrogens with zero attached hydrogens (tertiary/aromatic N) is 2. The molecule has 4 rings (SSSR count). The number of likely N-dealkylation sites (tertiary alicyclic amines) is 1. The third kappa shape index (κ3) is 5.19. The highest BCUT2D eigenvalue weighted by Crippen LogP contribution is 2.33. The molecule has 0 spiro atoms. The monoisotopic (exact) mass is 438 g/mol. The maximum Gasteiger partial charge on any atom is 0.293 e. The average Bonchev–Trinajstić information content (AvgIpc) is 3.64. The summed E-state index contributed by atoms with van der Waals surface area (Å²) in [6.45, 7) is 2.33. The second-order valence-electron chi connectivity index (χ2n) is 8.47. The van der Waals surface area contributed by atoms with Crippen molar-refractivity contribution in [3.8, 4) is 5.75 Å². The summed E-state index contributed by atoms with van der Waals surface area (Å²) >= 11 is 0. The number of nitro groups is 1. The third-order valence-electron chi connectivity index (χ3n) is 6.18. The summed E-state index contributed by atoms with van der Waals surface area (Å²) in [4.78, 5) is 26.4. The number of rotatable bonds is 9. The van der Waals surface area contributed by atoms with E-state index >= 15 is 0 Å². The topological polar surface area (TPSA) is 96.7 Å². The molecule has 2 aromatic rings. The number of ether oxygens (including phenoxy) is 1. The van der Waals surface area contributed by atoms with E-state index in [0.717, 1.165) is 50.1 Å². The van der Waals surface area contributed by atoms with Crippen molar-refractivity contribution in [3.63, 3.8) is 0 Å². The number of benzene rings is 2. The molecule has 2 aromatic carbocycles. The SMILES string of the molecule is COc1ccccc1[C@H](CNC(=O)c1ccc(NC2CC2)c([N+](=O)[O-])c1)N1CCCCC1. The fraction of sp³-hybridized carbons (Fsp3) is 0.458. The number of amides is 1. The predicted octanol–water partition coefficient (Wildman–Crippen LogP) is 4.13. The van der Waals surface area contributed by atoms with Crippen LogP contribution in [0.2, 0.25) is 0 Å². The smallest absolute Gasteiger partial charge is 0.293 e. The molecule has 1 amide bonds. The van der Waals surface area contributed by atoms with Crippen LogP contribution in [-0.4, -0.2) is 48.5 Å². The Bertz CT molecular complexity index is 970. The molecule has 1 aliphatic carbocycles. The molecule has 1 aliphatic heterocycles. The Balaban J connectivity index is 1.51. The second-order valence-corrected chi connectivity index (χ2v) is 8.47. The minimum atomic E-state index is -0.438. The van der Waals surface area contributed by atoms with Gasteiger partial charge in [0, 0.05) is 29.8 Å². The molecule has 0 bridgehead atoms. The number of methoxy groups -OCH3 is 1. The summed E-state index contributed by atoms with van der Waals surface area (Å²) in [7, 11) is 1.65. The average molecular weight is 439 g/mol. The van der Waals surface area contributed by atoms with Crippen molar-refractivity contribution >= 4 is 17.3 Å². The van der Waals surface area contributed by atoms with E-state index in [-0.39, 0.29) is 23.2 Å². The van der Waals surface area contributed by atoms with Crippen molar-refractivity contribution in [2.75, 3.05) is 32.1 Å². The minimum absolute atomic E-state index is 0.0267. The van der Waals surface area contributed by atoms with Gasteiger partial charge < -0.3 is 15.4 Å². The lowest BCUT2D eigenvalue weighted by atomic mass is 10.0. The van der Waals surface area contributed by atoms with Gasteiger partial charge in [0.2, 0.25) is 0 Å². The molecule has 2 aliphatic rings. The molecule has 0 aromatic heterocycles. The van der Waals surface area contributed by atoms with Crippen LogP contribution in [0.4, 0.5) is 11.4 Å². The van der Waals surface area contributed by atoms with E-state index in [1.165, 1.54) is 12.5 Å². The van der Waals surface area contributed by atoms with Gasteiger partial charge >= 0.3 is 0 Å². The fourth-order valence-electron chi connectivity index (χ4n) is 4.29. The van der Waals surface area contributed by atoms with Crippen molar-refractivity contribution in [1.29, 1.82) is 0 Å². The molecule has 1 saturated heterocycles. The highest BCUT2D eigenvalue weighted by Gasteiger charge is 2.27. The molecule has 1 atom stereocenters. The van der Waals surface area contributed by atoms with Crippen LogP contribution < -0.4 is 15.4 Å². The molecule has 0 radical (unpaired) electrons. The Labute approximate surface area is 188 Å². The van der Waals surface area contributed by atoms with Gasteiger partial charge in [-0.1, -0.05) is 24.6 Å². The summed E-state index contributed by atoms with van der Waals surface area (Å²) in [5.41, 5.74) is 1.72. The van der Waals surface area contributed by atoms with E-state index in [0.29, 0.717) is 18.3 Å². The molecule has 2 N–H and O–H groups in total. The van der Waals surface area contributed by atoms with E-state index in [2.05, 4.69) is 15.5 Å². The quantitative estimate of drug-likeness (QED) is 0.451. The normalized spacial score (nSPS) is 17.4. The molecular formula is C24H30N4O4. The van der Waals surface area contributed by atoms with Gasteiger partial charge in [0.25, 0.3) is 11.6 Å². The molecule has 1 heterocycles. The van der Waals surface area contributed by atoms with E-state index in [4.69, 9.17) is 4.74 Å². The Morgan fingerprint density at radius 3 is 2.62 bits per heavy atom. The molecule has 0 unspecified atom stereocenters. The first-order valence-corrected chi connectivity index (χ1v) is 11.3. The Kier molecular flexibility index (Phi) is 6.90. The van der Waals surface area contributed by atoms with Crippen LogP contribution in [0, 0.1) is 10.1 Å². The van der Waals surface area contributed by atoms with Gasteiger partial charge in [0.1, 0.15) is 11.4 Å². The molecule has 170 valence electrons. The van der Waals surface area contributed by atoms with Crippen molar-refractivity contribution in [3.05, 3.63) is 63.7 Å². The highest BCUT2D eigenvalue weighted by molar-refractivity contribution is 5.95. The standard InChI is InChI=1S/C24H30N4O4/c1-32-23-8-4-3-7-19(23)22(27-13-5-2-6-14-27)16-25-24(29)17-9-12-20(26-18-10-11-18)21(15-17)28(30)31/h3-4,7-9,12,15,18,22,26H,2,5-6,10-11,13-14,16H2,1H3,(H,25,29)/t22-/m0/s1. The number of anilines is 1. The maximum atomic E-state index is 12.9. The first-order valence-electron chi connectivity index (χ1n) is 11.3. The lowest BCUT2D eigenvalue weighted by molar-refractivity contribution is -0.384. The summed E-state index contributed by atoms with van der Waals surface area (Å²) in [6.07, 6.45) is 5.50. The first kappa shape index (κ1) is 22.1. The van der Waals surface area contributed by atoms with Crippen LogP contribution >= 0.6 is 0 Å². The van der Waals surface area contributed by atoms with Gasteiger partial charge in [-0.2, -0.15) is 0 Å².